The molecule has 154 valence electrons. The van der Waals surface area contributed by atoms with E-state index in [1.54, 1.807) is 11.0 Å². The molecule has 1 saturated heterocycles. The van der Waals surface area contributed by atoms with Gasteiger partial charge in [0.25, 0.3) is 0 Å². The number of likely N-dealkylation sites (tertiary alicyclic amines) is 1. The highest BCUT2D eigenvalue weighted by Gasteiger charge is 2.22. The van der Waals surface area contributed by atoms with E-state index in [4.69, 9.17) is 0 Å². The van der Waals surface area contributed by atoms with Gasteiger partial charge in [-0.3, -0.25) is 9.58 Å². The SMILES string of the molecule is CCNC(=NCc1ncnn1C)NCC1CCCCN1Cc1ccccc1.I. The molecule has 1 aromatic heterocycles. The molecule has 1 fully saturated rings. The molecule has 2 N–H and O–H groups in total. The van der Waals surface area contributed by atoms with E-state index in [2.05, 4.69) is 67.9 Å². The fourth-order valence-corrected chi connectivity index (χ4v) is 3.49. The van der Waals surface area contributed by atoms with Gasteiger partial charge >= 0.3 is 0 Å². The zero-order chi connectivity index (χ0) is 18.9. The molecule has 0 amide bonds. The van der Waals surface area contributed by atoms with E-state index in [1.807, 2.05) is 7.05 Å². The van der Waals surface area contributed by atoms with E-state index in [1.165, 1.54) is 24.8 Å². The van der Waals surface area contributed by atoms with Crippen LogP contribution in [0.1, 0.15) is 37.6 Å². The summed E-state index contributed by atoms with van der Waals surface area (Å²) in [5, 5.41) is 11.0. The Bertz CT molecular complexity index is 716. The number of aliphatic imine (C=N–C) groups is 1. The number of aryl methyl sites for hydroxylation is 1. The molecule has 0 bridgehead atoms. The second-order valence-corrected chi connectivity index (χ2v) is 6.98. The van der Waals surface area contributed by atoms with Crippen LogP contribution < -0.4 is 10.6 Å². The minimum atomic E-state index is 0. The average molecular weight is 497 g/mol. The first-order chi connectivity index (χ1) is 13.3. The van der Waals surface area contributed by atoms with Crippen LogP contribution in [-0.2, 0) is 20.1 Å². The smallest absolute Gasteiger partial charge is 0.191 e. The maximum Gasteiger partial charge on any atom is 0.191 e. The number of hydrogen-bond acceptors (Lipinski definition) is 4. The second kappa shape index (κ2) is 12.0. The molecule has 1 unspecified atom stereocenters. The van der Waals surface area contributed by atoms with Crippen LogP contribution in [0.5, 0.6) is 0 Å². The molecule has 1 atom stereocenters. The lowest BCUT2D eigenvalue weighted by Gasteiger charge is -2.36. The minimum absolute atomic E-state index is 0. The van der Waals surface area contributed by atoms with Crippen LogP contribution in [0.3, 0.4) is 0 Å². The van der Waals surface area contributed by atoms with E-state index in [-0.39, 0.29) is 24.0 Å². The third-order valence-corrected chi connectivity index (χ3v) is 5.01. The monoisotopic (exact) mass is 497 g/mol. The van der Waals surface area contributed by atoms with Crippen molar-refractivity contribution in [2.24, 2.45) is 12.0 Å². The van der Waals surface area contributed by atoms with Crippen molar-refractivity contribution in [1.29, 1.82) is 0 Å². The number of rotatable bonds is 7. The Hall–Kier alpha value is -1.68. The zero-order valence-corrected chi connectivity index (χ0v) is 19.2. The van der Waals surface area contributed by atoms with Crippen LogP contribution in [-0.4, -0.2) is 51.3 Å². The standard InChI is InChI=1S/C20H31N7.HI/c1-3-21-20(23-14-19-24-16-25-26(19)2)22-13-18-11-7-8-12-27(18)15-17-9-5-4-6-10-17;/h4-6,9-10,16,18H,3,7-8,11-15H2,1-2H3,(H2,21,22,23);1H. The molecule has 8 heteroatoms. The summed E-state index contributed by atoms with van der Waals surface area (Å²) in [4.78, 5) is 11.5. The second-order valence-electron chi connectivity index (χ2n) is 6.98. The fraction of sp³-hybridized carbons (Fsp3) is 0.550. The van der Waals surface area contributed by atoms with Crippen molar-refractivity contribution in [2.75, 3.05) is 19.6 Å². The Morgan fingerprint density at radius 1 is 1.21 bits per heavy atom. The molecule has 0 spiro atoms. The molecule has 0 radical (unpaired) electrons. The van der Waals surface area contributed by atoms with Gasteiger partial charge in [-0.25, -0.2) is 9.98 Å². The van der Waals surface area contributed by atoms with Gasteiger partial charge in [0, 0.05) is 32.7 Å². The van der Waals surface area contributed by atoms with Gasteiger partial charge in [-0.1, -0.05) is 36.8 Å². The van der Waals surface area contributed by atoms with Crippen LogP contribution in [0.4, 0.5) is 0 Å². The maximum absolute atomic E-state index is 4.66. The largest absolute Gasteiger partial charge is 0.357 e. The van der Waals surface area contributed by atoms with Crippen LogP contribution in [0.15, 0.2) is 41.7 Å². The van der Waals surface area contributed by atoms with Gasteiger partial charge < -0.3 is 10.6 Å². The maximum atomic E-state index is 4.66. The molecule has 3 rings (SSSR count). The van der Waals surface area contributed by atoms with Crippen molar-refractivity contribution in [3.8, 4) is 0 Å². The van der Waals surface area contributed by atoms with Gasteiger partial charge in [-0.05, 0) is 31.9 Å². The summed E-state index contributed by atoms with van der Waals surface area (Å²) in [6.07, 6.45) is 5.37. The van der Waals surface area contributed by atoms with Crippen LogP contribution >= 0.6 is 24.0 Å². The third-order valence-electron chi connectivity index (χ3n) is 5.01. The lowest BCUT2D eigenvalue weighted by Crippen LogP contribution is -2.48. The molecular weight excluding hydrogens is 465 g/mol. The Balaban J connectivity index is 0.00000280. The summed E-state index contributed by atoms with van der Waals surface area (Å²) < 4.78 is 1.76. The fourth-order valence-electron chi connectivity index (χ4n) is 3.49. The Kier molecular flexibility index (Phi) is 9.69. The van der Waals surface area contributed by atoms with Crippen LogP contribution in [0.25, 0.3) is 0 Å². The van der Waals surface area contributed by atoms with Crippen LogP contribution in [0.2, 0.25) is 0 Å². The van der Waals surface area contributed by atoms with Crippen molar-refractivity contribution in [2.45, 2.75) is 45.3 Å². The van der Waals surface area contributed by atoms with Crippen molar-refractivity contribution in [3.05, 3.63) is 48.0 Å². The highest BCUT2D eigenvalue weighted by atomic mass is 127. The number of nitrogens with zero attached hydrogens (tertiary/aromatic N) is 5. The van der Waals surface area contributed by atoms with E-state index < -0.39 is 0 Å². The van der Waals surface area contributed by atoms with Gasteiger partial charge in [-0.2, -0.15) is 5.10 Å². The number of guanidine groups is 1. The summed E-state index contributed by atoms with van der Waals surface area (Å²) in [5.74, 6) is 1.70. The number of nitrogens with one attached hydrogen (secondary N) is 2. The Labute approximate surface area is 185 Å². The summed E-state index contributed by atoms with van der Waals surface area (Å²) in [5.41, 5.74) is 1.38. The van der Waals surface area contributed by atoms with Crippen molar-refractivity contribution >= 4 is 29.9 Å². The molecule has 2 aromatic rings. The van der Waals surface area contributed by atoms with Gasteiger partial charge in [-0.15, -0.1) is 24.0 Å². The molecule has 1 aliphatic rings. The average Bonchev–Trinajstić information content (AvgIpc) is 3.11. The number of benzene rings is 1. The molecule has 7 nitrogen and oxygen atoms in total. The Morgan fingerprint density at radius 3 is 2.75 bits per heavy atom. The number of aromatic nitrogens is 3. The highest BCUT2D eigenvalue weighted by Crippen LogP contribution is 2.19. The quantitative estimate of drug-likeness (QED) is 0.350. The van der Waals surface area contributed by atoms with Gasteiger partial charge in [0.1, 0.15) is 18.7 Å². The van der Waals surface area contributed by atoms with Gasteiger partial charge in [0.05, 0.1) is 0 Å². The van der Waals surface area contributed by atoms with E-state index in [0.29, 0.717) is 12.6 Å². The first kappa shape index (κ1) is 22.6. The summed E-state index contributed by atoms with van der Waals surface area (Å²) in [6.45, 7) is 6.51. The molecule has 0 aliphatic carbocycles. The molecule has 28 heavy (non-hydrogen) atoms. The van der Waals surface area contributed by atoms with E-state index in [9.17, 15) is 0 Å². The third kappa shape index (κ3) is 6.73. The molecule has 1 aromatic carbocycles. The van der Waals surface area contributed by atoms with Crippen molar-refractivity contribution in [1.82, 2.24) is 30.3 Å². The minimum Gasteiger partial charge on any atom is -0.357 e. The molecule has 2 heterocycles. The molecule has 0 saturated carbocycles. The number of halogens is 1. The number of piperidine rings is 1. The van der Waals surface area contributed by atoms with Gasteiger partial charge in [0.2, 0.25) is 0 Å². The van der Waals surface area contributed by atoms with Gasteiger partial charge in [0.15, 0.2) is 5.96 Å². The highest BCUT2D eigenvalue weighted by molar-refractivity contribution is 14.0. The zero-order valence-electron chi connectivity index (χ0n) is 16.8. The lowest BCUT2D eigenvalue weighted by atomic mass is 10.0. The first-order valence-electron chi connectivity index (χ1n) is 9.89. The van der Waals surface area contributed by atoms with Crippen LogP contribution in [0, 0.1) is 0 Å². The summed E-state index contributed by atoms with van der Waals surface area (Å²) in [6, 6.07) is 11.3. The molecular formula is C20H32IN7. The van der Waals surface area contributed by atoms with Crippen molar-refractivity contribution < 1.29 is 0 Å². The summed E-state index contributed by atoms with van der Waals surface area (Å²) in [7, 11) is 1.89. The normalized spacial score (nSPS) is 17.8. The van der Waals surface area contributed by atoms with E-state index in [0.717, 1.165) is 38.0 Å². The Morgan fingerprint density at radius 2 is 2.04 bits per heavy atom. The van der Waals surface area contributed by atoms with E-state index >= 15 is 0 Å². The topological polar surface area (TPSA) is 70.4 Å². The lowest BCUT2D eigenvalue weighted by molar-refractivity contribution is 0.141. The number of hydrogen-bond donors (Lipinski definition) is 2. The van der Waals surface area contributed by atoms with Crippen molar-refractivity contribution in [3.63, 3.8) is 0 Å². The summed E-state index contributed by atoms with van der Waals surface area (Å²) >= 11 is 0. The predicted octanol–water partition coefficient (Wildman–Crippen LogP) is 2.54. The predicted molar refractivity (Wildman–Crippen MR) is 124 cm³/mol. The molecule has 1 aliphatic heterocycles. The first-order valence-corrected chi connectivity index (χ1v) is 9.89.